The van der Waals surface area contributed by atoms with Crippen molar-refractivity contribution in [2.45, 2.75) is 32.5 Å². The van der Waals surface area contributed by atoms with Crippen molar-refractivity contribution >= 4 is 0 Å². The van der Waals surface area contributed by atoms with Crippen LogP contribution in [0.3, 0.4) is 0 Å². The van der Waals surface area contributed by atoms with Crippen molar-refractivity contribution in [1.82, 2.24) is 4.90 Å². The Kier molecular flexibility index (Phi) is 4.15. The number of β-amino-alcohol motifs (C(OH)–C–C–N with tert-alkyl or cyclic N) is 1. The Bertz CT molecular complexity index is 350. The topological polar surface area (TPSA) is 49.5 Å². The molecule has 17 heavy (non-hydrogen) atoms. The molecule has 1 aromatic carbocycles. The molecule has 2 rings (SSSR count). The molecule has 0 bridgehead atoms. The zero-order valence-corrected chi connectivity index (χ0v) is 10.5. The number of piperidine rings is 1. The van der Waals surface area contributed by atoms with Crippen molar-refractivity contribution < 1.29 is 5.11 Å². The van der Waals surface area contributed by atoms with Gasteiger partial charge in [-0.2, -0.15) is 0 Å². The maximum absolute atomic E-state index is 9.85. The van der Waals surface area contributed by atoms with Crippen LogP contribution in [0.4, 0.5) is 0 Å². The number of aliphatic hydroxyl groups excluding tert-OH is 1. The van der Waals surface area contributed by atoms with Crippen molar-refractivity contribution in [2.24, 2.45) is 11.7 Å². The van der Waals surface area contributed by atoms with Crippen molar-refractivity contribution in [1.29, 1.82) is 0 Å². The van der Waals surface area contributed by atoms with E-state index in [-0.39, 0.29) is 6.10 Å². The SMILES string of the molecule is CC1CCN(Cc2ccc(CN)cc2)CC1O. The van der Waals surface area contributed by atoms with Gasteiger partial charge in [0.05, 0.1) is 6.10 Å². The first kappa shape index (κ1) is 12.6. The van der Waals surface area contributed by atoms with Crippen molar-refractivity contribution in [3.8, 4) is 0 Å². The molecule has 3 nitrogen and oxygen atoms in total. The quantitative estimate of drug-likeness (QED) is 0.830. The highest BCUT2D eigenvalue weighted by atomic mass is 16.3. The van der Waals surface area contributed by atoms with E-state index < -0.39 is 0 Å². The van der Waals surface area contributed by atoms with Crippen LogP contribution in [0, 0.1) is 5.92 Å². The smallest absolute Gasteiger partial charge is 0.0693 e. The molecule has 3 N–H and O–H groups in total. The monoisotopic (exact) mass is 234 g/mol. The summed E-state index contributed by atoms with van der Waals surface area (Å²) in [6, 6.07) is 8.43. The highest BCUT2D eigenvalue weighted by Gasteiger charge is 2.23. The molecule has 3 heteroatoms. The first-order chi connectivity index (χ1) is 8.19. The van der Waals surface area contributed by atoms with Crippen LogP contribution in [0.5, 0.6) is 0 Å². The predicted molar refractivity (Wildman–Crippen MR) is 69.4 cm³/mol. The second-order valence-electron chi connectivity index (χ2n) is 5.09. The zero-order chi connectivity index (χ0) is 12.3. The minimum Gasteiger partial charge on any atom is -0.392 e. The van der Waals surface area contributed by atoms with Gasteiger partial charge in [0.2, 0.25) is 0 Å². The molecular formula is C14H22N2O. The van der Waals surface area contributed by atoms with E-state index in [9.17, 15) is 5.11 Å². The lowest BCUT2D eigenvalue weighted by molar-refractivity contribution is 0.0259. The molecule has 94 valence electrons. The Hall–Kier alpha value is -0.900. The fraction of sp³-hybridized carbons (Fsp3) is 0.571. The summed E-state index contributed by atoms with van der Waals surface area (Å²) in [5.74, 6) is 0.436. The molecule has 1 heterocycles. The summed E-state index contributed by atoms with van der Waals surface area (Å²) >= 11 is 0. The summed E-state index contributed by atoms with van der Waals surface area (Å²) in [5, 5.41) is 9.85. The molecule has 0 aromatic heterocycles. The second kappa shape index (κ2) is 5.63. The normalized spacial score (nSPS) is 26.1. The molecule has 1 aliphatic rings. The average Bonchev–Trinajstić information content (AvgIpc) is 2.35. The standard InChI is InChI=1S/C14H22N2O/c1-11-6-7-16(10-14(11)17)9-13-4-2-12(8-15)3-5-13/h2-5,11,14,17H,6-10,15H2,1H3. The van der Waals surface area contributed by atoms with Gasteiger partial charge in [0.1, 0.15) is 0 Å². The molecule has 1 aliphatic heterocycles. The van der Waals surface area contributed by atoms with Gasteiger partial charge < -0.3 is 10.8 Å². The highest BCUT2D eigenvalue weighted by molar-refractivity contribution is 5.22. The zero-order valence-electron chi connectivity index (χ0n) is 10.5. The minimum atomic E-state index is -0.174. The van der Waals surface area contributed by atoms with E-state index in [1.807, 2.05) is 0 Å². The molecule has 1 aromatic rings. The third kappa shape index (κ3) is 3.28. The van der Waals surface area contributed by atoms with E-state index in [0.717, 1.165) is 26.1 Å². The Morgan fingerprint density at radius 1 is 1.29 bits per heavy atom. The minimum absolute atomic E-state index is 0.174. The van der Waals surface area contributed by atoms with Gasteiger partial charge in [-0.15, -0.1) is 0 Å². The lowest BCUT2D eigenvalue weighted by Gasteiger charge is -2.34. The number of rotatable bonds is 3. The van der Waals surface area contributed by atoms with E-state index in [2.05, 4.69) is 36.1 Å². The van der Waals surface area contributed by atoms with Crippen LogP contribution in [0.25, 0.3) is 0 Å². The third-order valence-electron chi connectivity index (χ3n) is 3.67. The van der Waals surface area contributed by atoms with Crippen molar-refractivity contribution in [2.75, 3.05) is 13.1 Å². The van der Waals surface area contributed by atoms with Crippen molar-refractivity contribution in [3.05, 3.63) is 35.4 Å². The summed E-state index contributed by atoms with van der Waals surface area (Å²) in [7, 11) is 0. The molecule has 0 spiro atoms. The number of hydrogen-bond acceptors (Lipinski definition) is 3. The lowest BCUT2D eigenvalue weighted by atomic mass is 9.96. The molecule has 2 unspecified atom stereocenters. The van der Waals surface area contributed by atoms with Crippen LogP contribution in [0.15, 0.2) is 24.3 Å². The van der Waals surface area contributed by atoms with Crippen molar-refractivity contribution in [3.63, 3.8) is 0 Å². The Morgan fingerprint density at radius 3 is 2.53 bits per heavy atom. The van der Waals surface area contributed by atoms with Crippen LogP contribution >= 0.6 is 0 Å². The van der Waals surface area contributed by atoms with Gasteiger partial charge >= 0.3 is 0 Å². The molecule has 2 atom stereocenters. The van der Waals surface area contributed by atoms with Crippen LogP contribution in [0.2, 0.25) is 0 Å². The Balaban J connectivity index is 1.92. The third-order valence-corrected chi connectivity index (χ3v) is 3.67. The summed E-state index contributed by atoms with van der Waals surface area (Å²) < 4.78 is 0. The van der Waals surface area contributed by atoms with Gasteiger partial charge in [0.25, 0.3) is 0 Å². The lowest BCUT2D eigenvalue weighted by Crippen LogP contribution is -2.42. The second-order valence-corrected chi connectivity index (χ2v) is 5.09. The fourth-order valence-corrected chi connectivity index (χ4v) is 2.30. The van der Waals surface area contributed by atoms with E-state index in [1.54, 1.807) is 0 Å². The molecular weight excluding hydrogens is 212 g/mol. The van der Waals surface area contributed by atoms with E-state index in [0.29, 0.717) is 12.5 Å². The summed E-state index contributed by atoms with van der Waals surface area (Å²) in [6.45, 7) is 5.52. The summed E-state index contributed by atoms with van der Waals surface area (Å²) in [5.41, 5.74) is 8.04. The predicted octanol–water partition coefficient (Wildman–Crippen LogP) is 1.35. The molecule has 1 saturated heterocycles. The maximum Gasteiger partial charge on any atom is 0.0693 e. The Morgan fingerprint density at radius 2 is 1.94 bits per heavy atom. The molecule has 1 fully saturated rings. The first-order valence-electron chi connectivity index (χ1n) is 6.37. The first-order valence-corrected chi connectivity index (χ1v) is 6.37. The van der Waals surface area contributed by atoms with E-state index in [1.165, 1.54) is 11.1 Å². The van der Waals surface area contributed by atoms with Gasteiger partial charge in [-0.1, -0.05) is 31.2 Å². The fourth-order valence-electron chi connectivity index (χ4n) is 2.30. The van der Waals surface area contributed by atoms with E-state index >= 15 is 0 Å². The molecule has 0 radical (unpaired) electrons. The molecule has 0 aliphatic carbocycles. The number of likely N-dealkylation sites (tertiary alicyclic amines) is 1. The summed E-state index contributed by atoms with van der Waals surface area (Å²) in [6.07, 6.45) is 0.911. The summed E-state index contributed by atoms with van der Waals surface area (Å²) in [4.78, 5) is 2.32. The number of benzene rings is 1. The van der Waals surface area contributed by atoms with Crippen LogP contribution in [0.1, 0.15) is 24.5 Å². The van der Waals surface area contributed by atoms with Gasteiger partial charge in [-0.25, -0.2) is 0 Å². The van der Waals surface area contributed by atoms with Crippen LogP contribution < -0.4 is 5.73 Å². The van der Waals surface area contributed by atoms with Crippen LogP contribution in [-0.4, -0.2) is 29.2 Å². The number of nitrogens with two attached hydrogens (primary N) is 1. The van der Waals surface area contributed by atoms with Gasteiger partial charge in [0, 0.05) is 19.6 Å². The molecule has 0 amide bonds. The molecule has 0 saturated carbocycles. The van der Waals surface area contributed by atoms with Gasteiger partial charge in [-0.05, 0) is 30.0 Å². The maximum atomic E-state index is 9.85. The highest BCUT2D eigenvalue weighted by Crippen LogP contribution is 2.18. The van der Waals surface area contributed by atoms with Crippen LogP contribution in [-0.2, 0) is 13.1 Å². The largest absolute Gasteiger partial charge is 0.392 e. The average molecular weight is 234 g/mol. The van der Waals surface area contributed by atoms with Gasteiger partial charge in [-0.3, -0.25) is 4.90 Å². The van der Waals surface area contributed by atoms with E-state index in [4.69, 9.17) is 5.73 Å². The number of aliphatic hydroxyl groups is 1. The number of hydrogen-bond donors (Lipinski definition) is 2. The Labute approximate surface area is 103 Å². The number of nitrogens with zero attached hydrogens (tertiary/aromatic N) is 1. The van der Waals surface area contributed by atoms with Gasteiger partial charge in [0.15, 0.2) is 0 Å².